The molecule has 2 atom stereocenters. The van der Waals surface area contributed by atoms with E-state index in [0.29, 0.717) is 31.0 Å². The third kappa shape index (κ3) is 13.3. The summed E-state index contributed by atoms with van der Waals surface area (Å²) in [5.41, 5.74) is 7.49. The summed E-state index contributed by atoms with van der Waals surface area (Å²) in [6, 6.07) is 10.6. The molecule has 0 aromatic heterocycles. The van der Waals surface area contributed by atoms with Crippen LogP contribution in [0.2, 0.25) is 0 Å². The number of nitrogens with zero attached hydrogens (tertiary/aromatic N) is 2. The summed E-state index contributed by atoms with van der Waals surface area (Å²) in [5, 5.41) is 5.37. The Morgan fingerprint density at radius 2 is 2.05 bits per heavy atom. The lowest BCUT2D eigenvalue weighted by Gasteiger charge is -2.30. The number of ether oxygens (including phenoxy) is 1. The molecule has 1 saturated heterocycles. The number of likely N-dealkylation sites (tertiary alicyclic amines) is 1. The zero-order valence-electron chi connectivity index (χ0n) is 26.8. The van der Waals surface area contributed by atoms with Crippen molar-refractivity contribution in [3.63, 3.8) is 0 Å². The van der Waals surface area contributed by atoms with Gasteiger partial charge < -0.3 is 20.7 Å². The molecule has 10 heteroatoms. The Kier molecular flexibility index (Phi) is 17.7. The van der Waals surface area contributed by atoms with E-state index in [4.69, 9.17) is 10.5 Å². The summed E-state index contributed by atoms with van der Waals surface area (Å²) in [4.78, 5) is 29.6. The molecule has 244 valence electrons. The van der Waals surface area contributed by atoms with Crippen molar-refractivity contribution in [2.24, 2.45) is 16.6 Å². The first-order valence-corrected chi connectivity index (χ1v) is 16.6. The lowest BCUT2D eigenvalue weighted by Crippen LogP contribution is -2.37. The van der Waals surface area contributed by atoms with Crippen LogP contribution in [0.1, 0.15) is 87.2 Å². The van der Waals surface area contributed by atoms with E-state index in [2.05, 4.69) is 57.2 Å². The monoisotopic (exact) mass is 675 g/mol. The van der Waals surface area contributed by atoms with Crippen LogP contribution >= 0.6 is 15.9 Å². The summed E-state index contributed by atoms with van der Waals surface area (Å²) in [6.45, 7) is 10.5. The summed E-state index contributed by atoms with van der Waals surface area (Å²) < 4.78 is 21.0. The van der Waals surface area contributed by atoms with E-state index < -0.39 is 11.7 Å². The van der Waals surface area contributed by atoms with Crippen LogP contribution in [-0.4, -0.2) is 62.5 Å². The number of piperidine rings is 1. The number of guanidine groups is 1. The summed E-state index contributed by atoms with van der Waals surface area (Å²) in [7, 11) is 1.60. The molecule has 4 N–H and O–H groups in total. The van der Waals surface area contributed by atoms with Crippen LogP contribution in [0.25, 0.3) is 0 Å². The van der Waals surface area contributed by atoms with Crippen molar-refractivity contribution in [2.75, 3.05) is 33.3 Å². The van der Waals surface area contributed by atoms with Crippen molar-refractivity contribution in [1.82, 2.24) is 15.5 Å². The van der Waals surface area contributed by atoms with E-state index in [9.17, 15) is 14.0 Å². The number of benzene rings is 2. The molecule has 1 aliphatic rings. The normalized spacial score (nSPS) is 16.0. The van der Waals surface area contributed by atoms with E-state index in [1.54, 1.807) is 13.2 Å². The number of carbonyl (C=O) groups is 2. The highest BCUT2D eigenvalue weighted by molar-refractivity contribution is 9.10. The van der Waals surface area contributed by atoms with Crippen molar-refractivity contribution >= 4 is 34.2 Å². The first kappa shape index (κ1) is 37.2. The largest absolute Gasteiger partial charge is 0.496 e. The molecular formula is C34H51BrFN5O3. The molecule has 2 aromatic rings. The Hall–Kier alpha value is -2.98. The average Bonchev–Trinajstić information content (AvgIpc) is 3.00. The average molecular weight is 677 g/mol. The van der Waals surface area contributed by atoms with Gasteiger partial charge in [-0.05, 0) is 106 Å². The third-order valence-corrected chi connectivity index (χ3v) is 8.32. The van der Waals surface area contributed by atoms with Crippen molar-refractivity contribution in [3.8, 4) is 5.75 Å². The fourth-order valence-corrected chi connectivity index (χ4v) is 5.85. The molecular weight excluding hydrogens is 625 g/mol. The lowest BCUT2D eigenvalue weighted by atomic mass is 9.98. The minimum Gasteiger partial charge on any atom is -0.496 e. The Balaban J connectivity index is 0.000000651. The van der Waals surface area contributed by atoms with Crippen molar-refractivity contribution in [1.29, 1.82) is 0 Å². The van der Waals surface area contributed by atoms with Gasteiger partial charge in [0, 0.05) is 34.7 Å². The number of carbonyl (C=O) groups excluding carboxylic acids is 2. The van der Waals surface area contributed by atoms with Crippen LogP contribution in [0, 0.1) is 11.7 Å². The number of nitrogens with one attached hydrogen (secondary N) is 2. The number of methoxy groups -OCH3 is 1. The van der Waals surface area contributed by atoms with E-state index in [1.165, 1.54) is 38.1 Å². The van der Waals surface area contributed by atoms with Gasteiger partial charge in [0.1, 0.15) is 11.6 Å². The van der Waals surface area contributed by atoms with Gasteiger partial charge >= 0.3 is 0 Å². The Labute approximate surface area is 271 Å². The molecule has 1 heterocycles. The van der Waals surface area contributed by atoms with E-state index in [1.807, 2.05) is 18.2 Å². The number of hydrogen-bond donors (Lipinski definition) is 3. The fourth-order valence-electron chi connectivity index (χ4n) is 5.44. The SMILES string of the molecule is CCCC(CC)NC=O.COc1ccc(Br)cc1CCc1c(F)cccc1C(=O)NC(N)=NCCCCN1CCCC(C)C1. The molecule has 2 aromatic carbocycles. The zero-order chi connectivity index (χ0) is 32.3. The maximum Gasteiger partial charge on any atom is 0.258 e. The van der Waals surface area contributed by atoms with Gasteiger partial charge in [0.15, 0.2) is 5.96 Å². The van der Waals surface area contributed by atoms with Gasteiger partial charge in [0.25, 0.3) is 5.91 Å². The number of nitrogens with two attached hydrogens (primary N) is 1. The van der Waals surface area contributed by atoms with Gasteiger partial charge in [-0.15, -0.1) is 0 Å². The van der Waals surface area contributed by atoms with Crippen molar-refractivity contribution in [3.05, 3.63) is 63.4 Å². The number of aliphatic imine (C=N–C) groups is 1. The summed E-state index contributed by atoms with van der Waals surface area (Å²) >= 11 is 3.46. The Morgan fingerprint density at radius 1 is 1.25 bits per heavy atom. The number of aryl methyl sites for hydroxylation is 1. The van der Waals surface area contributed by atoms with Gasteiger partial charge in [0.2, 0.25) is 6.41 Å². The first-order valence-electron chi connectivity index (χ1n) is 15.8. The second kappa shape index (κ2) is 20.9. The minimum atomic E-state index is -0.454. The van der Waals surface area contributed by atoms with E-state index >= 15 is 0 Å². The highest BCUT2D eigenvalue weighted by Gasteiger charge is 2.17. The van der Waals surface area contributed by atoms with Crippen molar-refractivity contribution in [2.45, 2.75) is 84.6 Å². The molecule has 2 amide bonds. The Morgan fingerprint density at radius 3 is 2.73 bits per heavy atom. The number of amides is 2. The van der Waals surface area contributed by atoms with E-state index in [0.717, 1.165) is 66.8 Å². The quantitative estimate of drug-likeness (QED) is 0.0895. The molecule has 0 radical (unpaired) electrons. The van der Waals surface area contributed by atoms with Gasteiger partial charge in [-0.1, -0.05) is 49.2 Å². The maximum absolute atomic E-state index is 14.7. The number of rotatable bonds is 15. The van der Waals surface area contributed by atoms with Crippen LogP contribution in [0.3, 0.4) is 0 Å². The maximum atomic E-state index is 14.7. The predicted molar refractivity (Wildman–Crippen MR) is 181 cm³/mol. The highest BCUT2D eigenvalue weighted by atomic mass is 79.9. The van der Waals surface area contributed by atoms with Gasteiger partial charge in [-0.25, -0.2) is 4.39 Å². The molecule has 1 fully saturated rings. The van der Waals surface area contributed by atoms with Gasteiger partial charge in [0.05, 0.1) is 7.11 Å². The number of unbranched alkanes of at least 4 members (excludes halogenated alkanes) is 1. The van der Waals surface area contributed by atoms with Crippen LogP contribution in [0.15, 0.2) is 45.9 Å². The molecule has 0 bridgehead atoms. The van der Waals surface area contributed by atoms with Gasteiger partial charge in [-0.2, -0.15) is 0 Å². The minimum absolute atomic E-state index is 0.0606. The second-order valence-electron chi connectivity index (χ2n) is 11.4. The summed E-state index contributed by atoms with van der Waals surface area (Å²) in [6.07, 6.45) is 9.45. The van der Waals surface area contributed by atoms with Gasteiger partial charge in [-0.3, -0.25) is 19.9 Å². The van der Waals surface area contributed by atoms with E-state index in [-0.39, 0.29) is 11.5 Å². The molecule has 3 rings (SSSR count). The molecule has 1 aliphatic heterocycles. The number of halogens is 2. The van der Waals surface area contributed by atoms with Crippen LogP contribution in [0.5, 0.6) is 5.75 Å². The van der Waals surface area contributed by atoms with Crippen molar-refractivity contribution < 1.29 is 18.7 Å². The molecule has 8 nitrogen and oxygen atoms in total. The standard InChI is InChI=1S/C27H36BrFN4O2.C7H15NO/c1-19-7-6-16-33(18-19)15-4-3-14-31-27(30)32-26(34)23-8-5-9-24(29)22(23)12-10-20-17-21(28)11-13-25(20)35-2;1-3-5-7(4-2)8-6-9/h5,8-9,11,13,17,19H,3-4,6-7,10,12,14-16,18H2,1-2H3,(H3,30,31,32,34);6-7H,3-5H2,1-2H3,(H,8,9). The summed E-state index contributed by atoms with van der Waals surface area (Å²) in [5.74, 6) is 0.683. The molecule has 44 heavy (non-hydrogen) atoms. The highest BCUT2D eigenvalue weighted by Crippen LogP contribution is 2.26. The Bertz CT molecular complexity index is 1200. The van der Waals surface area contributed by atoms with Crippen LogP contribution in [-0.2, 0) is 17.6 Å². The smallest absolute Gasteiger partial charge is 0.258 e. The fraction of sp³-hybridized carbons (Fsp3) is 0.559. The molecule has 0 saturated carbocycles. The third-order valence-electron chi connectivity index (χ3n) is 7.83. The second-order valence-corrected chi connectivity index (χ2v) is 12.3. The molecule has 0 aliphatic carbocycles. The van der Waals surface area contributed by atoms with Crippen LogP contribution in [0.4, 0.5) is 4.39 Å². The lowest BCUT2D eigenvalue weighted by molar-refractivity contribution is -0.110. The van der Waals surface area contributed by atoms with Crippen LogP contribution < -0.4 is 21.1 Å². The molecule has 2 unspecified atom stereocenters. The zero-order valence-corrected chi connectivity index (χ0v) is 28.4. The molecule has 0 spiro atoms. The number of hydrogen-bond acceptors (Lipinski definition) is 5. The topological polar surface area (TPSA) is 109 Å². The predicted octanol–water partition coefficient (Wildman–Crippen LogP) is 6.25. The first-order chi connectivity index (χ1) is 21.2.